The van der Waals surface area contributed by atoms with E-state index >= 15 is 0 Å². The van der Waals surface area contributed by atoms with Crippen LogP contribution in [0.25, 0.3) is 0 Å². The molecular formula is C16H23NO. The van der Waals surface area contributed by atoms with Crippen molar-refractivity contribution >= 4 is 5.91 Å². The van der Waals surface area contributed by atoms with Crippen molar-refractivity contribution in [3.8, 4) is 0 Å². The topological polar surface area (TPSA) is 20.3 Å². The molecule has 1 amide bonds. The summed E-state index contributed by atoms with van der Waals surface area (Å²) in [6, 6.07) is 10.2. The summed E-state index contributed by atoms with van der Waals surface area (Å²) < 4.78 is 0. The number of rotatable bonds is 3. The number of benzene rings is 1. The van der Waals surface area contributed by atoms with Gasteiger partial charge >= 0.3 is 0 Å². The van der Waals surface area contributed by atoms with Crippen molar-refractivity contribution in [2.24, 2.45) is 5.41 Å². The van der Waals surface area contributed by atoms with Crippen LogP contribution in [-0.2, 0) is 11.3 Å². The Kier molecular flexibility index (Phi) is 3.22. The van der Waals surface area contributed by atoms with E-state index < -0.39 is 0 Å². The molecule has 0 saturated heterocycles. The minimum absolute atomic E-state index is 0.0952. The summed E-state index contributed by atoms with van der Waals surface area (Å²) >= 11 is 0. The molecule has 98 valence electrons. The van der Waals surface area contributed by atoms with Gasteiger partial charge in [-0.25, -0.2) is 0 Å². The SMILES string of the molecule is CC1(C(=O)N(Cc2ccccc2)C(C)(C)C)CC1. The van der Waals surface area contributed by atoms with Crippen LogP contribution < -0.4 is 0 Å². The second-order valence-electron chi connectivity index (χ2n) is 6.61. The van der Waals surface area contributed by atoms with Crippen LogP contribution in [0.4, 0.5) is 0 Å². The van der Waals surface area contributed by atoms with E-state index in [9.17, 15) is 4.79 Å². The molecule has 0 bridgehead atoms. The Balaban J connectivity index is 2.19. The lowest BCUT2D eigenvalue weighted by Gasteiger charge is -2.38. The monoisotopic (exact) mass is 245 g/mol. The van der Waals surface area contributed by atoms with Gasteiger partial charge in [-0.3, -0.25) is 4.79 Å². The van der Waals surface area contributed by atoms with Crippen molar-refractivity contribution in [2.75, 3.05) is 0 Å². The van der Waals surface area contributed by atoms with E-state index in [1.165, 1.54) is 5.56 Å². The third kappa shape index (κ3) is 2.74. The molecule has 18 heavy (non-hydrogen) atoms. The minimum atomic E-state index is -0.126. The Labute approximate surface area is 110 Å². The largest absolute Gasteiger partial charge is 0.333 e. The van der Waals surface area contributed by atoms with Crippen molar-refractivity contribution < 1.29 is 4.79 Å². The summed E-state index contributed by atoms with van der Waals surface area (Å²) in [6.07, 6.45) is 2.07. The zero-order valence-electron chi connectivity index (χ0n) is 11.9. The highest BCUT2D eigenvalue weighted by molar-refractivity contribution is 5.85. The molecule has 1 fully saturated rings. The number of hydrogen-bond acceptors (Lipinski definition) is 1. The third-order valence-corrected chi connectivity index (χ3v) is 3.75. The predicted molar refractivity (Wildman–Crippen MR) is 74.1 cm³/mol. The van der Waals surface area contributed by atoms with Gasteiger partial charge in [-0.05, 0) is 39.2 Å². The van der Waals surface area contributed by atoms with Crippen LogP contribution in [0.2, 0.25) is 0 Å². The highest BCUT2D eigenvalue weighted by atomic mass is 16.2. The molecule has 0 aliphatic heterocycles. The van der Waals surface area contributed by atoms with Crippen molar-refractivity contribution in [1.82, 2.24) is 4.90 Å². The van der Waals surface area contributed by atoms with E-state index in [0.29, 0.717) is 12.5 Å². The highest BCUT2D eigenvalue weighted by Crippen LogP contribution is 2.47. The number of hydrogen-bond donors (Lipinski definition) is 0. The third-order valence-electron chi connectivity index (χ3n) is 3.75. The Morgan fingerprint density at radius 3 is 2.22 bits per heavy atom. The van der Waals surface area contributed by atoms with Crippen LogP contribution in [0.15, 0.2) is 30.3 Å². The molecule has 0 atom stereocenters. The molecule has 0 aromatic heterocycles. The molecule has 0 unspecified atom stereocenters. The highest BCUT2D eigenvalue weighted by Gasteiger charge is 2.48. The Hall–Kier alpha value is -1.31. The first-order chi connectivity index (χ1) is 8.33. The van der Waals surface area contributed by atoms with Gasteiger partial charge in [0.25, 0.3) is 0 Å². The van der Waals surface area contributed by atoms with Gasteiger partial charge in [0.2, 0.25) is 5.91 Å². The summed E-state index contributed by atoms with van der Waals surface area (Å²) in [5, 5.41) is 0. The summed E-state index contributed by atoms with van der Waals surface area (Å²) in [5.41, 5.74) is 0.977. The quantitative estimate of drug-likeness (QED) is 0.796. The van der Waals surface area contributed by atoms with Gasteiger partial charge in [0.1, 0.15) is 0 Å². The van der Waals surface area contributed by atoms with Crippen LogP contribution in [0.5, 0.6) is 0 Å². The maximum atomic E-state index is 12.6. The van der Waals surface area contributed by atoms with Gasteiger partial charge in [-0.1, -0.05) is 37.3 Å². The van der Waals surface area contributed by atoms with Crippen LogP contribution in [0.3, 0.4) is 0 Å². The standard InChI is InChI=1S/C16H23NO/c1-15(2,3)17(14(18)16(4)10-11-16)12-13-8-6-5-7-9-13/h5-9H,10-12H2,1-4H3. The van der Waals surface area contributed by atoms with Gasteiger partial charge in [-0.2, -0.15) is 0 Å². The lowest BCUT2D eigenvalue weighted by atomic mass is 9.99. The van der Waals surface area contributed by atoms with E-state index in [0.717, 1.165) is 12.8 Å². The number of nitrogens with zero attached hydrogens (tertiary/aromatic N) is 1. The second-order valence-corrected chi connectivity index (χ2v) is 6.61. The van der Waals surface area contributed by atoms with Crippen molar-refractivity contribution in [2.45, 2.75) is 52.6 Å². The molecule has 0 spiro atoms. The van der Waals surface area contributed by atoms with Gasteiger partial charge in [-0.15, -0.1) is 0 Å². The first-order valence-electron chi connectivity index (χ1n) is 6.69. The molecule has 2 heteroatoms. The van der Waals surface area contributed by atoms with Gasteiger partial charge < -0.3 is 4.90 Å². The Bertz CT molecular complexity index is 426. The van der Waals surface area contributed by atoms with E-state index in [-0.39, 0.29) is 11.0 Å². The minimum Gasteiger partial charge on any atom is -0.333 e. The molecule has 1 aliphatic rings. The fourth-order valence-electron chi connectivity index (χ4n) is 2.11. The predicted octanol–water partition coefficient (Wildman–Crippen LogP) is 3.61. The summed E-state index contributed by atoms with van der Waals surface area (Å²) in [4.78, 5) is 14.6. The summed E-state index contributed by atoms with van der Waals surface area (Å²) in [5.74, 6) is 0.304. The average molecular weight is 245 g/mol. The first-order valence-corrected chi connectivity index (χ1v) is 6.69. The fraction of sp³-hybridized carbons (Fsp3) is 0.562. The lowest BCUT2D eigenvalue weighted by Crippen LogP contribution is -2.47. The summed E-state index contributed by atoms with van der Waals surface area (Å²) in [6.45, 7) is 9.12. The van der Waals surface area contributed by atoms with E-state index in [4.69, 9.17) is 0 Å². The van der Waals surface area contributed by atoms with Crippen LogP contribution in [-0.4, -0.2) is 16.3 Å². The molecule has 2 nitrogen and oxygen atoms in total. The second kappa shape index (κ2) is 4.42. The molecule has 1 aliphatic carbocycles. The molecule has 1 saturated carbocycles. The first kappa shape index (κ1) is 13.1. The van der Waals surface area contributed by atoms with Crippen LogP contribution in [0, 0.1) is 5.41 Å². The van der Waals surface area contributed by atoms with Gasteiger partial charge in [0.05, 0.1) is 0 Å². The molecule has 1 aromatic carbocycles. The number of carbonyl (C=O) groups is 1. The number of amides is 1. The lowest BCUT2D eigenvalue weighted by molar-refractivity contribution is -0.142. The Morgan fingerprint density at radius 2 is 1.78 bits per heavy atom. The van der Waals surface area contributed by atoms with Gasteiger partial charge in [0, 0.05) is 17.5 Å². The molecule has 0 N–H and O–H groups in total. The Morgan fingerprint density at radius 1 is 1.22 bits per heavy atom. The van der Waals surface area contributed by atoms with Crippen molar-refractivity contribution in [3.63, 3.8) is 0 Å². The molecule has 1 aromatic rings. The maximum Gasteiger partial charge on any atom is 0.229 e. The molecule has 2 rings (SSSR count). The van der Waals surface area contributed by atoms with Crippen molar-refractivity contribution in [3.05, 3.63) is 35.9 Å². The average Bonchev–Trinajstić information content (AvgIpc) is 3.05. The maximum absolute atomic E-state index is 12.6. The smallest absolute Gasteiger partial charge is 0.229 e. The molecular weight excluding hydrogens is 222 g/mol. The summed E-state index contributed by atoms with van der Waals surface area (Å²) in [7, 11) is 0. The van der Waals surface area contributed by atoms with Gasteiger partial charge in [0.15, 0.2) is 0 Å². The van der Waals surface area contributed by atoms with Crippen LogP contribution in [0.1, 0.15) is 46.1 Å². The molecule has 0 radical (unpaired) electrons. The normalized spacial score (nSPS) is 17.3. The van der Waals surface area contributed by atoms with E-state index in [2.05, 4.69) is 39.8 Å². The van der Waals surface area contributed by atoms with Crippen molar-refractivity contribution in [1.29, 1.82) is 0 Å². The molecule has 0 heterocycles. The van der Waals surface area contributed by atoms with Crippen LogP contribution >= 0.6 is 0 Å². The van der Waals surface area contributed by atoms with E-state index in [1.807, 2.05) is 23.1 Å². The zero-order chi connectivity index (χ0) is 13.4. The van der Waals surface area contributed by atoms with E-state index in [1.54, 1.807) is 0 Å². The number of carbonyl (C=O) groups excluding carboxylic acids is 1. The fourth-order valence-corrected chi connectivity index (χ4v) is 2.11. The zero-order valence-corrected chi connectivity index (χ0v) is 11.9.